The molecule has 1 aliphatic carbocycles. The maximum atomic E-state index is 12.6. The van der Waals surface area contributed by atoms with Crippen molar-refractivity contribution in [3.8, 4) is 0 Å². The Kier molecular flexibility index (Phi) is 5.97. The van der Waals surface area contributed by atoms with Crippen molar-refractivity contribution in [3.63, 3.8) is 0 Å². The zero-order valence-corrected chi connectivity index (χ0v) is 16.2. The Morgan fingerprint density at radius 3 is 2.23 bits per heavy atom. The highest BCUT2D eigenvalue weighted by atomic mass is 16.2. The number of amides is 2. The van der Waals surface area contributed by atoms with E-state index in [9.17, 15) is 9.59 Å². The molecular weight excluding hydrogens is 326 g/mol. The zero-order valence-electron chi connectivity index (χ0n) is 16.2. The molecule has 5 nitrogen and oxygen atoms in total. The molecule has 1 N–H and O–H groups in total. The molecule has 26 heavy (non-hydrogen) atoms. The number of carbonyl (C=O) groups excluding carboxylic acids is 2. The number of carbonyl (C=O) groups is 2. The highest BCUT2D eigenvalue weighted by molar-refractivity contribution is 5.82. The van der Waals surface area contributed by atoms with E-state index in [1.807, 2.05) is 19.0 Å². The molecule has 1 saturated heterocycles. The first-order valence-corrected chi connectivity index (χ1v) is 9.75. The van der Waals surface area contributed by atoms with Crippen molar-refractivity contribution < 1.29 is 9.59 Å². The van der Waals surface area contributed by atoms with E-state index in [2.05, 4.69) is 41.4 Å². The third-order valence-electron chi connectivity index (χ3n) is 5.66. The van der Waals surface area contributed by atoms with Crippen LogP contribution in [0.4, 0.5) is 0 Å². The van der Waals surface area contributed by atoms with Crippen LogP contribution in [-0.2, 0) is 9.59 Å². The minimum absolute atomic E-state index is 0.0269. The first kappa shape index (κ1) is 18.9. The van der Waals surface area contributed by atoms with Crippen molar-refractivity contribution in [2.45, 2.75) is 38.6 Å². The molecule has 142 valence electrons. The number of rotatable bonds is 6. The summed E-state index contributed by atoms with van der Waals surface area (Å²) in [4.78, 5) is 28.8. The lowest BCUT2D eigenvalue weighted by Crippen LogP contribution is -2.44. The van der Waals surface area contributed by atoms with Gasteiger partial charge >= 0.3 is 0 Å². The fourth-order valence-electron chi connectivity index (χ4n) is 3.68. The predicted molar refractivity (Wildman–Crippen MR) is 103 cm³/mol. The monoisotopic (exact) mass is 357 g/mol. The van der Waals surface area contributed by atoms with Gasteiger partial charge in [-0.25, -0.2) is 0 Å². The predicted octanol–water partition coefficient (Wildman–Crippen LogP) is 2.36. The maximum absolute atomic E-state index is 12.6. The molecule has 1 aromatic rings. The largest absolute Gasteiger partial charge is 0.354 e. The van der Waals surface area contributed by atoms with Crippen LogP contribution in [-0.4, -0.2) is 55.3 Å². The van der Waals surface area contributed by atoms with Crippen molar-refractivity contribution in [1.82, 2.24) is 15.1 Å². The van der Waals surface area contributed by atoms with Crippen LogP contribution in [0.3, 0.4) is 0 Å². The molecule has 0 bridgehead atoms. The number of benzene rings is 1. The number of aryl methyl sites for hydroxylation is 1. The lowest BCUT2D eigenvalue weighted by molar-refractivity contribution is -0.136. The van der Waals surface area contributed by atoms with Crippen LogP contribution in [0.5, 0.6) is 0 Å². The van der Waals surface area contributed by atoms with Crippen molar-refractivity contribution >= 4 is 11.8 Å². The molecule has 1 atom stereocenters. The summed E-state index contributed by atoms with van der Waals surface area (Å²) in [5.41, 5.74) is 2.45. The molecule has 1 saturated carbocycles. The Bertz CT molecular complexity index is 629. The number of piperidine rings is 1. The molecule has 2 aliphatic rings. The minimum Gasteiger partial charge on any atom is -0.354 e. The Balaban J connectivity index is 1.49. The second-order valence-corrected chi connectivity index (χ2v) is 8.01. The van der Waals surface area contributed by atoms with Gasteiger partial charge in [0.1, 0.15) is 0 Å². The average molecular weight is 357 g/mol. The maximum Gasteiger partial charge on any atom is 0.225 e. The quantitative estimate of drug-likeness (QED) is 0.850. The standard InChI is InChI=1S/C21H31N3O2/c1-15-4-6-16(7-5-15)19(23(2)3)14-22-20(25)17-10-12-24(13-11-17)21(26)18-8-9-18/h4-7,17-19H,8-14H2,1-3H3,(H,22,25). The van der Waals surface area contributed by atoms with Crippen LogP contribution in [0.25, 0.3) is 0 Å². The zero-order chi connectivity index (χ0) is 18.7. The highest BCUT2D eigenvalue weighted by Gasteiger charge is 2.36. The van der Waals surface area contributed by atoms with Crippen LogP contribution in [0.2, 0.25) is 0 Å². The van der Waals surface area contributed by atoms with Gasteiger partial charge in [0.25, 0.3) is 0 Å². The molecule has 3 rings (SSSR count). The topological polar surface area (TPSA) is 52.7 Å². The minimum atomic E-state index is 0.0269. The van der Waals surface area contributed by atoms with E-state index in [1.165, 1.54) is 11.1 Å². The third kappa shape index (κ3) is 4.64. The average Bonchev–Trinajstić information content (AvgIpc) is 3.47. The highest BCUT2D eigenvalue weighted by Crippen LogP contribution is 2.32. The summed E-state index contributed by atoms with van der Waals surface area (Å²) in [6, 6.07) is 8.65. The summed E-state index contributed by atoms with van der Waals surface area (Å²) in [5, 5.41) is 3.14. The molecule has 0 spiro atoms. The van der Waals surface area contributed by atoms with Gasteiger partial charge in [0.05, 0.1) is 6.04 Å². The molecule has 2 amide bonds. The van der Waals surface area contributed by atoms with Crippen LogP contribution in [0, 0.1) is 18.8 Å². The van der Waals surface area contributed by atoms with E-state index >= 15 is 0 Å². The molecule has 0 radical (unpaired) electrons. The normalized spacial score (nSPS) is 19.5. The van der Waals surface area contributed by atoms with Gasteiger partial charge in [0.15, 0.2) is 0 Å². The summed E-state index contributed by atoms with van der Waals surface area (Å²) >= 11 is 0. The van der Waals surface area contributed by atoms with E-state index in [0.29, 0.717) is 12.5 Å². The molecule has 5 heteroatoms. The summed E-state index contributed by atoms with van der Waals surface area (Å²) < 4.78 is 0. The number of hydrogen-bond acceptors (Lipinski definition) is 3. The van der Waals surface area contributed by atoms with Gasteiger partial charge in [-0.05, 0) is 52.3 Å². The van der Waals surface area contributed by atoms with Crippen molar-refractivity contribution in [2.24, 2.45) is 11.8 Å². The van der Waals surface area contributed by atoms with E-state index in [4.69, 9.17) is 0 Å². The molecule has 1 aromatic carbocycles. The number of likely N-dealkylation sites (N-methyl/N-ethyl adjacent to an activating group) is 1. The third-order valence-corrected chi connectivity index (χ3v) is 5.66. The molecule has 1 unspecified atom stereocenters. The molecule has 1 heterocycles. The number of hydrogen-bond donors (Lipinski definition) is 1. The van der Waals surface area contributed by atoms with E-state index in [0.717, 1.165) is 38.8 Å². The second kappa shape index (κ2) is 8.21. The molecular formula is C21H31N3O2. The number of nitrogens with one attached hydrogen (secondary N) is 1. The lowest BCUT2D eigenvalue weighted by atomic mass is 9.95. The summed E-state index contributed by atoms with van der Waals surface area (Å²) in [5.74, 6) is 0.730. The lowest BCUT2D eigenvalue weighted by Gasteiger charge is -2.32. The van der Waals surface area contributed by atoms with Crippen molar-refractivity contribution in [3.05, 3.63) is 35.4 Å². The van der Waals surface area contributed by atoms with Gasteiger partial charge < -0.3 is 15.1 Å². The van der Waals surface area contributed by atoms with Gasteiger partial charge in [-0.1, -0.05) is 29.8 Å². The first-order chi connectivity index (χ1) is 12.5. The van der Waals surface area contributed by atoms with Crippen molar-refractivity contribution in [2.75, 3.05) is 33.7 Å². The summed E-state index contributed by atoms with van der Waals surface area (Å²) in [6.07, 6.45) is 3.65. The van der Waals surface area contributed by atoms with Crippen LogP contribution in [0.15, 0.2) is 24.3 Å². The van der Waals surface area contributed by atoms with Gasteiger partial charge in [0, 0.05) is 31.5 Å². The number of likely N-dealkylation sites (tertiary alicyclic amines) is 1. The van der Waals surface area contributed by atoms with Gasteiger partial charge in [0.2, 0.25) is 11.8 Å². The first-order valence-electron chi connectivity index (χ1n) is 9.75. The van der Waals surface area contributed by atoms with Crippen LogP contribution in [0.1, 0.15) is 42.9 Å². The molecule has 1 aliphatic heterocycles. The molecule has 2 fully saturated rings. The van der Waals surface area contributed by atoms with Crippen LogP contribution >= 0.6 is 0 Å². The SMILES string of the molecule is Cc1ccc(C(CNC(=O)C2CCN(C(=O)C3CC3)CC2)N(C)C)cc1. The summed E-state index contributed by atoms with van der Waals surface area (Å²) in [7, 11) is 4.08. The van der Waals surface area contributed by atoms with Gasteiger partial charge in [-0.2, -0.15) is 0 Å². The smallest absolute Gasteiger partial charge is 0.225 e. The van der Waals surface area contributed by atoms with E-state index in [-0.39, 0.29) is 23.8 Å². The summed E-state index contributed by atoms with van der Waals surface area (Å²) in [6.45, 7) is 4.14. The Hall–Kier alpha value is -1.88. The fraction of sp³-hybridized carbons (Fsp3) is 0.619. The van der Waals surface area contributed by atoms with Crippen LogP contribution < -0.4 is 5.32 Å². The number of nitrogens with zero attached hydrogens (tertiary/aromatic N) is 2. The van der Waals surface area contributed by atoms with Crippen molar-refractivity contribution in [1.29, 1.82) is 0 Å². The Morgan fingerprint density at radius 2 is 1.69 bits per heavy atom. The fourth-order valence-corrected chi connectivity index (χ4v) is 3.68. The van der Waals surface area contributed by atoms with Gasteiger partial charge in [-0.3, -0.25) is 9.59 Å². The Labute approximate surface area is 156 Å². The second-order valence-electron chi connectivity index (χ2n) is 8.01. The van der Waals surface area contributed by atoms with Gasteiger partial charge in [-0.15, -0.1) is 0 Å². The molecule has 0 aromatic heterocycles. The Morgan fingerprint density at radius 1 is 1.08 bits per heavy atom. The van der Waals surface area contributed by atoms with E-state index in [1.54, 1.807) is 0 Å². The van der Waals surface area contributed by atoms with E-state index < -0.39 is 0 Å².